The largest absolute Gasteiger partial charge is 0.394 e. The molecule has 0 fully saturated rings. The number of hydrogen-bond donors (Lipinski definition) is 5. The molecule has 0 aliphatic rings. The predicted octanol–water partition coefficient (Wildman–Crippen LogP) is 19.7. The predicted molar refractivity (Wildman–Crippen MR) is 320 cm³/mol. The third-order valence-corrected chi connectivity index (χ3v) is 15.2. The van der Waals surface area contributed by atoms with Crippen molar-refractivity contribution in [3.05, 3.63) is 48.6 Å². The molecule has 5 N–H and O–H groups in total. The van der Waals surface area contributed by atoms with Crippen LogP contribution in [-0.4, -0.2) is 57.3 Å². The van der Waals surface area contributed by atoms with Crippen molar-refractivity contribution < 1.29 is 25.2 Å². The zero-order chi connectivity index (χ0) is 53.0. The van der Waals surface area contributed by atoms with E-state index in [-0.39, 0.29) is 0 Å². The smallest absolute Gasteiger partial charge is 0.249 e. The van der Waals surface area contributed by atoms with Crippen LogP contribution in [-0.2, 0) is 4.79 Å². The molecule has 0 heterocycles. The molecule has 1 amide bonds. The van der Waals surface area contributed by atoms with Crippen LogP contribution in [0.25, 0.3) is 0 Å². The Kier molecular flexibility index (Phi) is 59.7. The van der Waals surface area contributed by atoms with Crippen LogP contribution in [0.1, 0.15) is 341 Å². The highest BCUT2D eigenvalue weighted by molar-refractivity contribution is 5.80. The molecule has 4 atom stereocenters. The standard InChI is InChI=1S/C67H127NO5/c1-3-5-7-9-11-13-15-17-19-21-23-25-27-28-29-30-31-32-33-34-35-36-37-39-41-43-45-47-49-51-53-55-57-59-61-65(71)67(73)68-63(62-69)66(72)64(70)60-58-56-54-52-50-48-46-44-42-40-38-26-24-22-20-18-16-14-12-10-8-6-4-2/h27-28,30-31,44,46,52,54,63-66,69-72H,3-26,29,32-43,45,47-51,53,55-62H2,1-2H3,(H,68,73)/b28-27-,31-30-,46-44+,54-52+. The summed E-state index contributed by atoms with van der Waals surface area (Å²) in [5.74, 6) is -0.594. The van der Waals surface area contributed by atoms with Gasteiger partial charge in [0.2, 0.25) is 5.91 Å². The van der Waals surface area contributed by atoms with Gasteiger partial charge in [-0.2, -0.15) is 0 Å². The van der Waals surface area contributed by atoms with Gasteiger partial charge < -0.3 is 25.7 Å². The minimum Gasteiger partial charge on any atom is -0.394 e. The summed E-state index contributed by atoms with van der Waals surface area (Å²) in [7, 11) is 0. The van der Waals surface area contributed by atoms with Crippen molar-refractivity contribution in [2.75, 3.05) is 6.61 Å². The van der Waals surface area contributed by atoms with Crippen molar-refractivity contribution in [3.63, 3.8) is 0 Å². The number of rotatable bonds is 60. The molecule has 0 saturated heterocycles. The van der Waals surface area contributed by atoms with Crippen LogP contribution in [0.15, 0.2) is 48.6 Å². The molecule has 0 saturated carbocycles. The first-order chi connectivity index (χ1) is 36.0. The first-order valence-corrected chi connectivity index (χ1v) is 32.5. The molecule has 0 aromatic heterocycles. The molecule has 0 aromatic rings. The fourth-order valence-electron chi connectivity index (χ4n) is 10.2. The third-order valence-electron chi connectivity index (χ3n) is 15.2. The van der Waals surface area contributed by atoms with Gasteiger partial charge in [-0.05, 0) is 83.5 Å². The van der Waals surface area contributed by atoms with Gasteiger partial charge in [0.1, 0.15) is 12.2 Å². The van der Waals surface area contributed by atoms with Crippen molar-refractivity contribution in [3.8, 4) is 0 Å². The first-order valence-electron chi connectivity index (χ1n) is 32.5. The molecule has 0 aliphatic heterocycles. The van der Waals surface area contributed by atoms with Gasteiger partial charge in [0.25, 0.3) is 0 Å². The Morgan fingerprint density at radius 2 is 0.616 bits per heavy atom. The number of allylic oxidation sites excluding steroid dienone is 8. The Balaban J connectivity index is 3.61. The minimum absolute atomic E-state index is 0.360. The summed E-state index contributed by atoms with van der Waals surface area (Å²) in [6, 6.07) is -1.01. The number of carbonyl (C=O) groups excluding carboxylic acids is 1. The van der Waals surface area contributed by atoms with Crippen LogP contribution < -0.4 is 5.32 Å². The molecular weight excluding hydrogens is 899 g/mol. The summed E-state index contributed by atoms with van der Waals surface area (Å²) in [6.45, 7) is 4.08. The lowest BCUT2D eigenvalue weighted by molar-refractivity contribution is -0.132. The molecular formula is C67H127NO5. The van der Waals surface area contributed by atoms with Gasteiger partial charge in [0.15, 0.2) is 0 Å². The zero-order valence-corrected chi connectivity index (χ0v) is 48.9. The number of aliphatic hydroxyl groups excluding tert-OH is 4. The Morgan fingerprint density at radius 3 is 0.945 bits per heavy atom. The van der Waals surface area contributed by atoms with Crippen LogP contribution in [0.2, 0.25) is 0 Å². The van der Waals surface area contributed by atoms with Gasteiger partial charge in [-0.3, -0.25) is 4.79 Å². The monoisotopic (exact) mass is 1030 g/mol. The number of hydrogen-bond acceptors (Lipinski definition) is 5. The fourth-order valence-corrected chi connectivity index (χ4v) is 10.2. The minimum atomic E-state index is -1.29. The zero-order valence-electron chi connectivity index (χ0n) is 48.9. The summed E-state index contributed by atoms with van der Waals surface area (Å²) in [5.41, 5.74) is 0. The molecule has 0 rings (SSSR count). The van der Waals surface area contributed by atoms with Gasteiger partial charge >= 0.3 is 0 Å². The highest BCUT2D eigenvalue weighted by Gasteiger charge is 2.28. The summed E-state index contributed by atoms with van der Waals surface area (Å²) >= 11 is 0. The quantitative estimate of drug-likeness (QED) is 0.0308. The second-order valence-electron chi connectivity index (χ2n) is 22.4. The molecule has 0 bridgehead atoms. The molecule has 4 unspecified atom stereocenters. The van der Waals surface area contributed by atoms with Crippen LogP contribution in [0.5, 0.6) is 0 Å². The van der Waals surface area contributed by atoms with Gasteiger partial charge in [-0.25, -0.2) is 0 Å². The molecule has 0 radical (unpaired) electrons. The summed E-state index contributed by atoms with van der Waals surface area (Å²) < 4.78 is 0. The van der Waals surface area contributed by atoms with Gasteiger partial charge in [-0.15, -0.1) is 0 Å². The van der Waals surface area contributed by atoms with E-state index in [2.05, 4.69) is 67.8 Å². The molecule has 0 aliphatic carbocycles. The number of nitrogens with one attached hydrogen (secondary N) is 1. The maximum atomic E-state index is 12.6. The lowest BCUT2D eigenvalue weighted by atomic mass is 10.00. The van der Waals surface area contributed by atoms with E-state index in [1.54, 1.807) is 0 Å². The third kappa shape index (κ3) is 54.9. The highest BCUT2D eigenvalue weighted by atomic mass is 16.3. The van der Waals surface area contributed by atoms with Gasteiger partial charge in [0.05, 0.1) is 18.8 Å². The van der Waals surface area contributed by atoms with Gasteiger partial charge in [0, 0.05) is 0 Å². The number of amides is 1. The van der Waals surface area contributed by atoms with Crippen molar-refractivity contribution in [1.82, 2.24) is 5.32 Å². The average Bonchev–Trinajstić information content (AvgIpc) is 3.40. The van der Waals surface area contributed by atoms with Crippen molar-refractivity contribution in [2.24, 2.45) is 0 Å². The SMILES string of the molecule is CCCCCCCCCCCCC/C=C\C/C=C\CCCCCCCCCCCCCCCCCCC(O)C(=O)NC(CO)C(O)C(O)CCC/C=C/CC/C=C/CCCCCCCCCCCCCCCC. The maximum absolute atomic E-state index is 12.6. The number of unbranched alkanes of at least 4 members (excludes halogenated alkanes) is 43. The van der Waals surface area contributed by atoms with E-state index in [1.807, 2.05) is 0 Å². The van der Waals surface area contributed by atoms with Crippen LogP contribution >= 0.6 is 0 Å². The van der Waals surface area contributed by atoms with Crippen LogP contribution in [0, 0.1) is 0 Å². The second-order valence-corrected chi connectivity index (χ2v) is 22.4. The Labute approximate surface area is 455 Å². The van der Waals surface area contributed by atoms with Crippen molar-refractivity contribution in [2.45, 2.75) is 366 Å². The Hall–Kier alpha value is -1.73. The number of aliphatic hydroxyl groups is 4. The van der Waals surface area contributed by atoms with E-state index in [0.29, 0.717) is 19.3 Å². The Bertz CT molecular complexity index is 1200. The fraction of sp³-hybridized carbons (Fsp3) is 0.866. The van der Waals surface area contributed by atoms with E-state index >= 15 is 0 Å². The molecule has 430 valence electrons. The van der Waals surface area contributed by atoms with E-state index < -0.39 is 36.9 Å². The molecule has 0 aromatic carbocycles. The lowest BCUT2D eigenvalue weighted by Crippen LogP contribution is -2.53. The van der Waals surface area contributed by atoms with Crippen molar-refractivity contribution >= 4 is 5.91 Å². The Morgan fingerprint density at radius 1 is 0.342 bits per heavy atom. The summed E-state index contributed by atoms with van der Waals surface area (Å²) in [6.07, 6.45) is 79.3. The molecule has 6 nitrogen and oxygen atoms in total. The van der Waals surface area contributed by atoms with Crippen LogP contribution in [0.3, 0.4) is 0 Å². The average molecular weight is 1030 g/mol. The topological polar surface area (TPSA) is 110 Å². The molecule has 73 heavy (non-hydrogen) atoms. The van der Waals surface area contributed by atoms with E-state index in [9.17, 15) is 25.2 Å². The molecule has 0 spiro atoms. The molecule has 6 heteroatoms. The number of carbonyl (C=O) groups is 1. The lowest BCUT2D eigenvalue weighted by Gasteiger charge is -2.27. The van der Waals surface area contributed by atoms with E-state index in [0.717, 1.165) is 44.9 Å². The first kappa shape index (κ1) is 71.3. The van der Waals surface area contributed by atoms with E-state index in [1.165, 1.54) is 263 Å². The summed E-state index contributed by atoms with van der Waals surface area (Å²) in [5, 5.41) is 44.1. The van der Waals surface area contributed by atoms with E-state index in [4.69, 9.17) is 0 Å². The summed E-state index contributed by atoms with van der Waals surface area (Å²) in [4.78, 5) is 12.6. The normalized spacial score (nSPS) is 13.9. The van der Waals surface area contributed by atoms with Gasteiger partial charge in [-0.1, -0.05) is 306 Å². The van der Waals surface area contributed by atoms with Crippen molar-refractivity contribution in [1.29, 1.82) is 0 Å². The maximum Gasteiger partial charge on any atom is 0.249 e. The second kappa shape index (κ2) is 61.1. The van der Waals surface area contributed by atoms with Crippen LogP contribution in [0.4, 0.5) is 0 Å². The highest BCUT2D eigenvalue weighted by Crippen LogP contribution is 2.18.